The van der Waals surface area contributed by atoms with Crippen molar-refractivity contribution in [3.05, 3.63) is 41.5 Å². The van der Waals surface area contributed by atoms with E-state index in [-0.39, 0.29) is 11.2 Å². The van der Waals surface area contributed by atoms with Gasteiger partial charge in [-0.15, -0.1) is 10.2 Å². The SMILES string of the molecule is CCc1cccc(-n2c(S[C@@H](C)c3nc(C(C)C)no3)nnc2N2CCOCC2)c1. The van der Waals surface area contributed by atoms with Crippen molar-refractivity contribution in [2.24, 2.45) is 0 Å². The highest BCUT2D eigenvalue weighted by molar-refractivity contribution is 7.99. The van der Waals surface area contributed by atoms with E-state index >= 15 is 0 Å². The van der Waals surface area contributed by atoms with Crippen molar-refractivity contribution in [3.8, 4) is 5.69 Å². The molecule has 0 amide bonds. The number of aromatic nitrogens is 5. The summed E-state index contributed by atoms with van der Waals surface area (Å²) in [6.07, 6.45) is 0.974. The van der Waals surface area contributed by atoms with E-state index in [1.54, 1.807) is 11.8 Å². The summed E-state index contributed by atoms with van der Waals surface area (Å²) in [7, 11) is 0. The summed E-state index contributed by atoms with van der Waals surface area (Å²) in [4.78, 5) is 6.78. The molecule has 0 N–H and O–H groups in total. The molecule has 0 unspecified atom stereocenters. The van der Waals surface area contributed by atoms with Gasteiger partial charge in [-0.25, -0.2) is 0 Å². The van der Waals surface area contributed by atoms with Crippen molar-refractivity contribution < 1.29 is 9.26 Å². The van der Waals surface area contributed by atoms with Gasteiger partial charge in [0.25, 0.3) is 0 Å². The number of benzene rings is 1. The van der Waals surface area contributed by atoms with Gasteiger partial charge in [0, 0.05) is 19.0 Å². The van der Waals surface area contributed by atoms with Crippen LogP contribution in [0.5, 0.6) is 0 Å². The fraction of sp³-hybridized carbons (Fsp3) is 0.524. The average molecular weight is 429 g/mol. The van der Waals surface area contributed by atoms with E-state index in [2.05, 4.69) is 81.8 Å². The van der Waals surface area contributed by atoms with E-state index in [0.29, 0.717) is 19.1 Å². The Morgan fingerprint density at radius 1 is 1.13 bits per heavy atom. The maximum absolute atomic E-state index is 5.52. The molecule has 0 aliphatic carbocycles. The van der Waals surface area contributed by atoms with Crippen molar-refractivity contribution in [3.63, 3.8) is 0 Å². The zero-order valence-corrected chi connectivity index (χ0v) is 18.7. The Morgan fingerprint density at radius 2 is 1.93 bits per heavy atom. The number of hydrogen-bond acceptors (Lipinski definition) is 8. The molecule has 1 saturated heterocycles. The molecule has 1 atom stereocenters. The Labute approximate surface area is 181 Å². The highest BCUT2D eigenvalue weighted by Crippen LogP contribution is 2.36. The van der Waals surface area contributed by atoms with E-state index in [9.17, 15) is 0 Å². The van der Waals surface area contributed by atoms with Gasteiger partial charge in [-0.3, -0.25) is 4.57 Å². The molecular formula is C21H28N6O2S. The van der Waals surface area contributed by atoms with Crippen LogP contribution in [-0.4, -0.2) is 51.2 Å². The van der Waals surface area contributed by atoms with Gasteiger partial charge in [0.1, 0.15) is 0 Å². The lowest BCUT2D eigenvalue weighted by molar-refractivity contribution is 0.122. The lowest BCUT2D eigenvalue weighted by Crippen LogP contribution is -2.37. The van der Waals surface area contributed by atoms with Gasteiger partial charge in [0.15, 0.2) is 11.0 Å². The number of morpholine rings is 1. The summed E-state index contributed by atoms with van der Waals surface area (Å²) in [5, 5.41) is 13.9. The first-order valence-electron chi connectivity index (χ1n) is 10.4. The largest absolute Gasteiger partial charge is 0.378 e. The van der Waals surface area contributed by atoms with E-state index < -0.39 is 0 Å². The molecule has 4 rings (SSSR count). The fourth-order valence-electron chi connectivity index (χ4n) is 3.30. The molecule has 2 aromatic heterocycles. The Bertz CT molecular complexity index is 980. The van der Waals surface area contributed by atoms with Gasteiger partial charge in [-0.2, -0.15) is 4.98 Å². The minimum atomic E-state index is -0.0418. The van der Waals surface area contributed by atoms with E-state index in [1.165, 1.54) is 5.56 Å². The maximum Gasteiger partial charge on any atom is 0.239 e. The molecule has 3 heterocycles. The highest BCUT2D eigenvalue weighted by Gasteiger charge is 2.25. The molecule has 1 fully saturated rings. The standard InChI is InChI=1S/C21H28N6O2S/c1-5-16-7-6-8-17(13-16)27-20(26-9-11-28-12-10-26)23-24-21(27)30-15(4)19-22-18(14(2)3)25-29-19/h6-8,13-15H,5,9-12H2,1-4H3/t15-/m0/s1. The smallest absolute Gasteiger partial charge is 0.239 e. The van der Waals surface area contributed by atoms with Crippen LogP contribution in [0.1, 0.15) is 56.1 Å². The molecule has 9 heteroatoms. The van der Waals surface area contributed by atoms with Gasteiger partial charge < -0.3 is 14.2 Å². The second-order valence-corrected chi connectivity index (χ2v) is 8.95. The Morgan fingerprint density at radius 3 is 2.63 bits per heavy atom. The second kappa shape index (κ2) is 9.18. The van der Waals surface area contributed by atoms with Crippen LogP contribution in [0.4, 0.5) is 5.95 Å². The number of ether oxygens (including phenoxy) is 1. The molecule has 1 aromatic carbocycles. The Balaban J connectivity index is 1.68. The molecule has 3 aromatic rings. The number of aryl methyl sites for hydroxylation is 1. The second-order valence-electron chi connectivity index (χ2n) is 7.65. The van der Waals surface area contributed by atoms with Crippen molar-refractivity contribution >= 4 is 17.7 Å². The van der Waals surface area contributed by atoms with Crippen LogP contribution >= 0.6 is 11.8 Å². The number of hydrogen-bond donors (Lipinski definition) is 0. The van der Waals surface area contributed by atoms with Crippen LogP contribution in [0.15, 0.2) is 33.9 Å². The minimum Gasteiger partial charge on any atom is -0.378 e. The number of thioether (sulfide) groups is 1. The van der Waals surface area contributed by atoms with Crippen molar-refractivity contribution in [2.75, 3.05) is 31.2 Å². The third-order valence-electron chi connectivity index (χ3n) is 5.09. The molecule has 0 bridgehead atoms. The van der Waals surface area contributed by atoms with Crippen LogP contribution < -0.4 is 4.90 Å². The van der Waals surface area contributed by atoms with E-state index in [0.717, 1.165) is 42.1 Å². The van der Waals surface area contributed by atoms with E-state index in [4.69, 9.17) is 9.26 Å². The topological polar surface area (TPSA) is 82.1 Å². The molecule has 1 aliphatic rings. The summed E-state index contributed by atoms with van der Waals surface area (Å²) in [6.45, 7) is 11.3. The van der Waals surface area contributed by atoms with Crippen LogP contribution in [0.3, 0.4) is 0 Å². The zero-order valence-electron chi connectivity index (χ0n) is 17.9. The van der Waals surface area contributed by atoms with Gasteiger partial charge in [-0.05, 0) is 31.0 Å². The fourth-order valence-corrected chi connectivity index (χ4v) is 4.20. The first-order chi connectivity index (χ1) is 14.6. The summed E-state index contributed by atoms with van der Waals surface area (Å²) >= 11 is 1.58. The summed E-state index contributed by atoms with van der Waals surface area (Å²) < 4.78 is 13.2. The van der Waals surface area contributed by atoms with Crippen LogP contribution in [-0.2, 0) is 11.2 Å². The van der Waals surface area contributed by atoms with Crippen molar-refractivity contribution in [1.29, 1.82) is 0 Å². The lowest BCUT2D eigenvalue weighted by Gasteiger charge is -2.28. The number of rotatable bonds is 7. The molecule has 0 radical (unpaired) electrons. The number of anilines is 1. The monoisotopic (exact) mass is 428 g/mol. The highest BCUT2D eigenvalue weighted by atomic mass is 32.2. The Kier molecular flexibility index (Phi) is 6.38. The first kappa shape index (κ1) is 20.9. The third-order valence-corrected chi connectivity index (χ3v) is 6.12. The molecule has 160 valence electrons. The summed E-state index contributed by atoms with van der Waals surface area (Å²) in [6, 6.07) is 8.53. The van der Waals surface area contributed by atoms with Crippen molar-refractivity contribution in [2.45, 2.75) is 50.4 Å². The molecule has 0 saturated carbocycles. The third kappa shape index (κ3) is 4.37. The molecule has 1 aliphatic heterocycles. The molecule has 0 spiro atoms. The van der Waals surface area contributed by atoms with E-state index in [1.807, 2.05) is 0 Å². The Hall–Kier alpha value is -2.39. The van der Waals surface area contributed by atoms with Crippen LogP contribution in [0, 0.1) is 0 Å². The van der Waals surface area contributed by atoms with Crippen LogP contribution in [0.2, 0.25) is 0 Å². The van der Waals surface area contributed by atoms with Gasteiger partial charge in [0.05, 0.1) is 24.2 Å². The first-order valence-corrected chi connectivity index (χ1v) is 11.3. The predicted octanol–water partition coefficient (Wildman–Crippen LogP) is 4.03. The molecule has 30 heavy (non-hydrogen) atoms. The zero-order chi connectivity index (χ0) is 21.1. The predicted molar refractivity (Wildman–Crippen MR) is 116 cm³/mol. The van der Waals surface area contributed by atoms with Gasteiger partial charge in [0.2, 0.25) is 11.8 Å². The molecule has 8 nitrogen and oxygen atoms in total. The number of nitrogens with zero attached hydrogens (tertiary/aromatic N) is 6. The lowest BCUT2D eigenvalue weighted by atomic mass is 10.1. The average Bonchev–Trinajstić information content (AvgIpc) is 3.42. The maximum atomic E-state index is 5.52. The van der Waals surface area contributed by atoms with Crippen molar-refractivity contribution in [1.82, 2.24) is 24.9 Å². The minimum absolute atomic E-state index is 0.0418. The summed E-state index contributed by atoms with van der Waals surface area (Å²) in [5.41, 5.74) is 2.33. The van der Waals surface area contributed by atoms with Gasteiger partial charge in [-0.1, -0.05) is 49.8 Å². The van der Waals surface area contributed by atoms with Gasteiger partial charge >= 0.3 is 0 Å². The summed E-state index contributed by atoms with van der Waals surface area (Å²) in [5.74, 6) is 2.40. The normalized spacial score (nSPS) is 15.7. The quantitative estimate of drug-likeness (QED) is 0.522. The van der Waals surface area contributed by atoms with Crippen LogP contribution in [0.25, 0.3) is 5.69 Å². The molecular weight excluding hydrogens is 400 g/mol.